The lowest BCUT2D eigenvalue weighted by Gasteiger charge is -2.37. The second-order valence-electron chi connectivity index (χ2n) is 7.48. The highest BCUT2D eigenvalue weighted by atomic mass is 127. The van der Waals surface area contributed by atoms with Crippen molar-refractivity contribution in [1.82, 2.24) is 20.0 Å². The smallest absolute Gasteiger partial charge is 0.194 e. The van der Waals surface area contributed by atoms with Crippen LogP contribution in [-0.2, 0) is 0 Å². The maximum absolute atomic E-state index is 4.99. The predicted molar refractivity (Wildman–Crippen MR) is 123 cm³/mol. The molecule has 0 spiro atoms. The van der Waals surface area contributed by atoms with Crippen LogP contribution in [0.2, 0.25) is 0 Å². The van der Waals surface area contributed by atoms with E-state index in [2.05, 4.69) is 66.5 Å². The third kappa shape index (κ3) is 7.42. The average Bonchev–Trinajstić information content (AvgIpc) is 2.59. The number of likely N-dealkylation sites (N-methyl/N-ethyl adjacent to an activating group) is 1. The van der Waals surface area contributed by atoms with Gasteiger partial charge in [0.05, 0.1) is 6.54 Å². The number of halogens is 1. The number of piperazine rings is 1. The lowest BCUT2D eigenvalue weighted by Crippen LogP contribution is -2.51. The molecule has 2 heterocycles. The van der Waals surface area contributed by atoms with Gasteiger partial charge in [0.15, 0.2) is 5.96 Å². The molecule has 0 saturated carbocycles. The van der Waals surface area contributed by atoms with Crippen molar-refractivity contribution in [2.45, 2.75) is 39.0 Å². The van der Waals surface area contributed by atoms with Crippen molar-refractivity contribution < 1.29 is 0 Å². The molecule has 2 aliphatic heterocycles. The first-order chi connectivity index (χ1) is 11.5. The van der Waals surface area contributed by atoms with Crippen molar-refractivity contribution in [2.75, 3.05) is 65.2 Å². The average molecular weight is 484 g/mol. The SMILES string of the molecule is CCNC(=NCC(C)N1CCN(C)CC1)N1CCSC(C(C)C)C1.I. The standard InChI is InChI=1S/C18H37N5S.HI/c1-6-19-18(23-11-12-24-17(14-23)15(2)3)20-13-16(4)22-9-7-21(5)8-10-22;/h15-17H,6-14H2,1-5H3,(H,19,20);1H. The number of thioether (sulfide) groups is 1. The van der Waals surface area contributed by atoms with Crippen LogP contribution in [0.5, 0.6) is 0 Å². The Kier molecular flexibility index (Phi) is 11.1. The molecule has 148 valence electrons. The summed E-state index contributed by atoms with van der Waals surface area (Å²) in [5.41, 5.74) is 0. The Labute approximate surface area is 176 Å². The fraction of sp³-hybridized carbons (Fsp3) is 0.944. The van der Waals surface area contributed by atoms with Crippen molar-refractivity contribution in [3.63, 3.8) is 0 Å². The zero-order valence-corrected chi connectivity index (χ0v) is 19.8. The van der Waals surface area contributed by atoms with Crippen LogP contribution in [0.25, 0.3) is 0 Å². The topological polar surface area (TPSA) is 34.1 Å². The molecule has 0 aromatic carbocycles. The van der Waals surface area contributed by atoms with Gasteiger partial charge >= 0.3 is 0 Å². The van der Waals surface area contributed by atoms with E-state index in [0.29, 0.717) is 6.04 Å². The third-order valence-corrected chi connectivity index (χ3v) is 6.68. The highest BCUT2D eigenvalue weighted by Gasteiger charge is 2.25. The van der Waals surface area contributed by atoms with E-state index in [-0.39, 0.29) is 24.0 Å². The van der Waals surface area contributed by atoms with Gasteiger partial charge in [0.1, 0.15) is 0 Å². The zero-order chi connectivity index (χ0) is 17.5. The first-order valence-corrected chi connectivity index (χ1v) is 10.6. The van der Waals surface area contributed by atoms with Crippen molar-refractivity contribution in [1.29, 1.82) is 0 Å². The lowest BCUT2D eigenvalue weighted by molar-refractivity contribution is 0.122. The molecule has 0 aromatic rings. The van der Waals surface area contributed by atoms with E-state index in [4.69, 9.17) is 4.99 Å². The Bertz CT molecular complexity index is 399. The molecular weight excluding hydrogens is 445 g/mol. The van der Waals surface area contributed by atoms with Gasteiger partial charge in [-0.15, -0.1) is 24.0 Å². The molecule has 2 atom stereocenters. The third-order valence-electron chi connectivity index (χ3n) is 5.14. The van der Waals surface area contributed by atoms with Crippen molar-refractivity contribution in [3.05, 3.63) is 0 Å². The molecule has 0 radical (unpaired) electrons. The van der Waals surface area contributed by atoms with Crippen LogP contribution in [0, 0.1) is 5.92 Å². The number of aliphatic imine (C=N–C) groups is 1. The molecule has 1 N–H and O–H groups in total. The van der Waals surface area contributed by atoms with Crippen LogP contribution in [0.3, 0.4) is 0 Å². The molecule has 5 nitrogen and oxygen atoms in total. The summed E-state index contributed by atoms with van der Waals surface area (Å²) in [4.78, 5) is 12.5. The van der Waals surface area contributed by atoms with Crippen LogP contribution in [0.15, 0.2) is 4.99 Å². The Morgan fingerprint density at radius 2 is 1.84 bits per heavy atom. The van der Waals surface area contributed by atoms with Gasteiger partial charge in [0.2, 0.25) is 0 Å². The van der Waals surface area contributed by atoms with E-state index in [1.54, 1.807) is 0 Å². The van der Waals surface area contributed by atoms with Crippen LogP contribution < -0.4 is 5.32 Å². The fourth-order valence-electron chi connectivity index (χ4n) is 3.29. The Balaban J connectivity index is 0.00000312. The number of hydrogen-bond donors (Lipinski definition) is 1. The molecule has 0 bridgehead atoms. The second kappa shape index (κ2) is 11.9. The van der Waals surface area contributed by atoms with E-state index in [9.17, 15) is 0 Å². The van der Waals surface area contributed by atoms with E-state index in [1.807, 2.05) is 0 Å². The summed E-state index contributed by atoms with van der Waals surface area (Å²) in [6, 6.07) is 0.521. The highest BCUT2D eigenvalue weighted by molar-refractivity contribution is 14.0. The molecule has 0 amide bonds. The van der Waals surface area contributed by atoms with E-state index < -0.39 is 0 Å². The molecule has 2 saturated heterocycles. The summed E-state index contributed by atoms with van der Waals surface area (Å²) in [5, 5.41) is 4.24. The molecule has 0 aliphatic carbocycles. The van der Waals surface area contributed by atoms with E-state index in [1.165, 1.54) is 31.9 Å². The van der Waals surface area contributed by atoms with Gasteiger partial charge in [-0.05, 0) is 26.8 Å². The van der Waals surface area contributed by atoms with Gasteiger partial charge in [-0.25, -0.2) is 0 Å². The number of hydrogen-bond acceptors (Lipinski definition) is 4. The van der Waals surface area contributed by atoms with Crippen LogP contribution in [-0.4, -0.2) is 97.1 Å². The molecule has 2 rings (SSSR count). The van der Waals surface area contributed by atoms with Crippen molar-refractivity contribution in [2.24, 2.45) is 10.9 Å². The van der Waals surface area contributed by atoms with Gasteiger partial charge in [0, 0.05) is 62.9 Å². The first kappa shape index (κ1) is 23.3. The Morgan fingerprint density at radius 3 is 2.44 bits per heavy atom. The molecule has 0 aromatic heterocycles. The summed E-state index contributed by atoms with van der Waals surface area (Å²) >= 11 is 2.12. The molecular formula is C18H38IN5S. The minimum absolute atomic E-state index is 0. The van der Waals surface area contributed by atoms with Crippen molar-refractivity contribution in [3.8, 4) is 0 Å². The largest absolute Gasteiger partial charge is 0.357 e. The molecule has 2 aliphatic rings. The van der Waals surface area contributed by atoms with Crippen LogP contribution in [0.1, 0.15) is 27.7 Å². The monoisotopic (exact) mass is 483 g/mol. The summed E-state index contributed by atoms with van der Waals surface area (Å²) in [5.74, 6) is 3.05. The number of guanidine groups is 1. The predicted octanol–water partition coefficient (Wildman–Crippen LogP) is 2.28. The Hall–Kier alpha value is 0.270. The van der Waals surface area contributed by atoms with Crippen LogP contribution >= 0.6 is 35.7 Å². The maximum Gasteiger partial charge on any atom is 0.194 e. The summed E-state index contributed by atoms with van der Waals surface area (Å²) in [7, 11) is 2.21. The number of nitrogens with zero attached hydrogens (tertiary/aromatic N) is 4. The van der Waals surface area contributed by atoms with Gasteiger partial charge in [-0.2, -0.15) is 11.8 Å². The Morgan fingerprint density at radius 1 is 1.16 bits per heavy atom. The fourth-order valence-corrected chi connectivity index (χ4v) is 4.59. The van der Waals surface area contributed by atoms with E-state index >= 15 is 0 Å². The van der Waals surface area contributed by atoms with Crippen LogP contribution in [0.4, 0.5) is 0 Å². The quantitative estimate of drug-likeness (QED) is 0.369. The summed E-state index contributed by atoms with van der Waals surface area (Å²) in [6.07, 6.45) is 0. The lowest BCUT2D eigenvalue weighted by atomic mass is 10.1. The van der Waals surface area contributed by atoms with E-state index in [0.717, 1.165) is 43.3 Å². The zero-order valence-electron chi connectivity index (χ0n) is 16.7. The van der Waals surface area contributed by atoms with Gasteiger partial charge in [-0.3, -0.25) is 9.89 Å². The minimum atomic E-state index is 0. The number of nitrogens with one attached hydrogen (secondary N) is 1. The molecule has 2 fully saturated rings. The minimum Gasteiger partial charge on any atom is -0.357 e. The highest BCUT2D eigenvalue weighted by Crippen LogP contribution is 2.24. The molecule has 25 heavy (non-hydrogen) atoms. The summed E-state index contributed by atoms with van der Waals surface area (Å²) in [6.45, 7) is 17.9. The van der Waals surface area contributed by atoms with Gasteiger partial charge in [0.25, 0.3) is 0 Å². The second-order valence-corrected chi connectivity index (χ2v) is 8.83. The normalized spacial score (nSPS) is 25.0. The summed E-state index contributed by atoms with van der Waals surface area (Å²) < 4.78 is 0. The number of rotatable bonds is 5. The molecule has 2 unspecified atom stereocenters. The van der Waals surface area contributed by atoms with Gasteiger partial charge < -0.3 is 15.1 Å². The maximum atomic E-state index is 4.99. The molecule has 7 heteroatoms. The van der Waals surface area contributed by atoms with Crippen molar-refractivity contribution >= 4 is 41.7 Å². The first-order valence-electron chi connectivity index (χ1n) is 9.58. The van der Waals surface area contributed by atoms with Gasteiger partial charge in [-0.1, -0.05) is 13.8 Å².